The van der Waals surface area contributed by atoms with Gasteiger partial charge in [-0.1, -0.05) is 0 Å². The molecular formula is C12H13FN4O3S. The van der Waals surface area contributed by atoms with E-state index < -0.39 is 21.7 Å². The van der Waals surface area contributed by atoms with Crippen LogP contribution in [0.3, 0.4) is 0 Å². The largest absolute Gasteiger partial charge is 0.366 e. The summed E-state index contributed by atoms with van der Waals surface area (Å²) in [7, 11) is -4.03. The number of nitrogens with zero attached hydrogens (tertiary/aromatic N) is 1. The molecule has 9 heteroatoms. The number of benzene rings is 1. The van der Waals surface area contributed by atoms with Gasteiger partial charge in [0.25, 0.3) is 10.0 Å². The Morgan fingerprint density at radius 3 is 2.57 bits per heavy atom. The number of amides is 1. The molecule has 0 aliphatic rings. The number of halogens is 1. The molecule has 1 heterocycles. The van der Waals surface area contributed by atoms with Crippen molar-refractivity contribution in [2.75, 3.05) is 4.72 Å². The SMILES string of the molecule is Cc1n[nH]c(C)c1S(=O)(=O)Nc1cc(C(N)=O)ccc1F. The fourth-order valence-corrected chi connectivity index (χ4v) is 3.32. The number of carbonyl (C=O) groups is 1. The van der Waals surface area contributed by atoms with Crippen LogP contribution in [0.25, 0.3) is 0 Å². The summed E-state index contributed by atoms with van der Waals surface area (Å²) in [4.78, 5) is 11.0. The van der Waals surface area contributed by atoms with Crippen molar-refractivity contribution in [1.82, 2.24) is 10.2 Å². The van der Waals surface area contributed by atoms with Crippen LogP contribution in [0, 0.1) is 19.7 Å². The van der Waals surface area contributed by atoms with Crippen LogP contribution in [0.15, 0.2) is 23.1 Å². The van der Waals surface area contributed by atoms with E-state index in [9.17, 15) is 17.6 Å². The fourth-order valence-electron chi connectivity index (χ4n) is 1.89. The van der Waals surface area contributed by atoms with Crippen LogP contribution in [0.5, 0.6) is 0 Å². The second kappa shape index (κ2) is 5.17. The molecule has 0 unspecified atom stereocenters. The van der Waals surface area contributed by atoms with Crippen molar-refractivity contribution in [3.63, 3.8) is 0 Å². The lowest BCUT2D eigenvalue weighted by molar-refractivity contribution is 0.100. The summed E-state index contributed by atoms with van der Waals surface area (Å²) in [5.74, 6) is -1.60. The van der Waals surface area contributed by atoms with Gasteiger partial charge in [-0.2, -0.15) is 5.10 Å². The van der Waals surface area contributed by atoms with Crippen LogP contribution in [-0.4, -0.2) is 24.5 Å². The first-order chi connectivity index (χ1) is 9.72. The summed E-state index contributed by atoms with van der Waals surface area (Å²) in [5.41, 5.74) is 5.31. The number of nitrogens with one attached hydrogen (secondary N) is 2. The van der Waals surface area contributed by atoms with Gasteiger partial charge in [0, 0.05) is 5.56 Å². The second-order valence-corrected chi connectivity index (χ2v) is 6.05. The molecule has 0 atom stereocenters. The van der Waals surface area contributed by atoms with E-state index in [2.05, 4.69) is 14.9 Å². The maximum Gasteiger partial charge on any atom is 0.265 e. The normalized spacial score (nSPS) is 11.4. The number of aryl methyl sites for hydroxylation is 2. The Balaban J connectivity index is 2.46. The van der Waals surface area contributed by atoms with Crippen LogP contribution < -0.4 is 10.5 Å². The van der Waals surface area contributed by atoms with E-state index in [-0.39, 0.29) is 21.8 Å². The summed E-state index contributed by atoms with van der Waals surface area (Å²) in [5, 5.41) is 6.32. The molecule has 2 aromatic rings. The molecule has 0 spiro atoms. The Kier molecular flexibility index (Phi) is 3.69. The van der Waals surface area contributed by atoms with Crippen molar-refractivity contribution in [2.24, 2.45) is 5.73 Å². The fraction of sp³-hybridized carbons (Fsp3) is 0.167. The number of hydrogen-bond donors (Lipinski definition) is 3. The van der Waals surface area contributed by atoms with Gasteiger partial charge < -0.3 is 5.73 Å². The Morgan fingerprint density at radius 1 is 1.38 bits per heavy atom. The van der Waals surface area contributed by atoms with Crippen molar-refractivity contribution in [3.8, 4) is 0 Å². The third-order valence-electron chi connectivity index (χ3n) is 2.82. The van der Waals surface area contributed by atoms with Gasteiger partial charge in [-0.05, 0) is 32.0 Å². The predicted molar refractivity (Wildman–Crippen MR) is 73.8 cm³/mol. The molecule has 7 nitrogen and oxygen atoms in total. The summed E-state index contributed by atoms with van der Waals surface area (Å²) >= 11 is 0. The van der Waals surface area contributed by atoms with E-state index in [0.717, 1.165) is 12.1 Å². The smallest absolute Gasteiger partial charge is 0.265 e. The molecule has 0 aliphatic heterocycles. The lowest BCUT2D eigenvalue weighted by Crippen LogP contribution is -2.17. The zero-order valence-corrected chi connectivity index (χ0v) is 12.1. The number of primary amides is 1. The average Bonchev–Trinajstić information content (AvgIpc) is 2.71. The molecule has 0 fully saturated rings. The first-order valence-corrected chi connectivity index (χ1v) is 7.34. The highest BCUT2D eigenvalue weighted by Crippen LogP contribution is 2.23. The number of anilines is 1. The van der Waals surface area contributed by atoms with E-state index in [0.29, 0.717) is 5.69 Å². The molecule has 2 rings (SSSR count). The van der Waals surface area contributed by atoms with E-state index >= 15 is 0 Å². The maximum absolute atomic E-state index is 13.7. The number of aromatic amines is 1. The average molecular weight is 312 g/mol. The summed E-state index contributed by atoms with van der Waals surface area (Å²) in [6.07, 6.45) is 0. The van der Waals surface area contributed by atoms with E-state index in [4.69, 9.17) is 5.73 Å². The van der Waals surface area contributed by atoms with Gasteiger partial charge in [0.2, 0.25) is 5.91 Å². The minimum absolute atomic E-state index is 0.00487. The van der Waals surface area contributed by atoms with Crippen molar-refractivity contribution < 1.29 is 17.6 Å². The molecule has 0 aliphatic carbocycles. The number of carbonyl (C=O) groups excluding carboxylic acids is 1. The molecule has 0 saturated heterocycles. The number of sulfonamides is 1. The van der Waals surface area contributed by atoms with Gasteiger partial charge in [-0.15, -0.1) is 0 Å². The standard InChI is InChI=1S/C12H13FN4O3S/c1-6-11(7(2)16-15-6)21(19,20)17-10-5-8(12(14)18)3-4-9(10)13/h3-5,17H,1-2H3,(H2,14,18)(H,15,16). The highest BCUT2D eigenvalue weighted by molar-refractivity contribution is 7.92. The molecule has 0 saturated carbocycles. The molecule has 4 N–H and O–H groups in total. The molecule has 112 valence electrons. The van der Waals surface area contributed by atoms with Crippen molar-refractivity contribution in [2.45, 2.75) is 18.7 Å². The molecule has 1 aromatic carbocycles. The van der Waals surface area contributed by atoms with Gasteiger partial charge >= 0.3 is 0 Å². The van der Waals surface area contributed by atoms with Gasteiger partial charge in [0.15, 0.2) is 0 Å². The first-order valence-electron chi connectivity index (χ1n) is 5.86. The van der Waals surface area contributed by atoms with Crippen LogP contribution >= 0.6 is 0 Å². The number of nitrogens with two attached hydrogens (primary N) is 1. The van der Waals surface area contributed by atoms with Gasteiger partial charge in [0.1, 0.15) is 10.7 Å². The lowest BCUT2D eigenvalue weighted by Gasteiger charge is -2.10. The number of aromatic nitrogens is 2. The van der Waals surface area contributed by atoms with Crippen LogP contribution in [0.2, 0.25) is 0 Å². The van der Waals surface area contributed by atoms with E-state index in [1.807, 2.05) is 0 Å². The van der Waals surface area contributed by atoms with E-state index in [1.54, 1.807) is 0 Å². The molecule has 21 heavy (non-hydrogen) atoms. The molecule has 0 radical (unpaired) electrons. The minimum Gasteiger partial charge on any atom is -0.366 e. The van der Waals surface area contributed by atoms with Crippen LogP contribution in [0.1, 0.15) is 21.7 Å². The monoisotopic (exact) mass is 312 g/mol. The Labute approximate surface area is 120 Å². The second-order valence-electron chi connectivity index (χ2n) is 4.43. The van der Waals surface area contributed by atoms with Gasteiger partial charge in [0.05, 0.1) is 17.1 Å². The molecule has 1 amide bonds. The predicted octanol–water partition coefficient (Wildman–Crippen LogP) is 1.07. The Hall–Kier alpha value is -2.42. The van der Waals surface area contributed by atoms with Gasteiger partial charge in [-0.25, -0.2) is 12.8 Å². The van der Waals surface area contributed by atoms with Gasteiger partial charge in [-0.3, -0.25) is 14.6 Å². The molecular weight excluding hydrogens is 299 g/mol. The number of hydrogen-bond acceptors (Lipinski definition) is 4. The Bertz CT molecular complexity index is 794. The number of H-pyrrole nitrogens is 1. The third-order valence-corrected chi connectivity index (χ3v) is 4.45. The molecule has 0 bridgehead atoms. The Morgan fingerprint density at radius 2 is 2.05 bits per heavy atom. The summed E-state index contributed by atoms with van der Waals surface area (Å²) < 4.78 is 40.4. The number of rotatable bonds is 4. The minimum atomic E-state index is -4.03. The van der Waals surface area contributed by atoms with Crippen molar-refractivity contribution >= 4 is 21.6 Å². The highest BCUT2D eigenvalue weighted by atomic mass is 32.2. The van der Waals surface area contributed by atoms with Crippen LogP contribution in [-0.2, 0) is 10.0 Å². The topological polar surface area (TPSA) is 118 Å². The summed E-state index contributed by atoms with van der Waals surface area (Å²) in [6.45, 7) is 3.04. The zero-order chi connectivity index (χ0) is 15.8. The lowest BCUT2D eigenvalue weighted by atomic mass is 10.2. The van der Waals surface area contributed by atoms with Crippen molar-refractivity contribution in [1.29, 1.82) is 0 Å². The zero-order valence-electron chi connectivity index (χ0n) is 11.3. The highest BCUT2D eigenvalue weighted by Gasteiger charge is 2.23. The quantitative estimate of drug-likeness (QED) is 0.782. The maximum atomic E-state index is 13.7. The molecule has 1 aromatic heterocycles. The van der Waals surface area contributed by atoms with Crippen molar-refractivity contribution in [3.05, 3.63) is 41.0 Å². The third kappa shape index (κ3) is 2.87. The van der Waals surface area contributed by atoms with E-state index in [1.165, 1.54) is 19.9 Å². The summed E-state index contributed by atoms with van der Waals surface area (Å²) in [6, 6.07) is 3.18. The van der Waals surface area contributed by atoms with Crippen LogP contribution in [0.4, 0.5) is 10.1 Å². The first kappa shape index (κ1) is 15.0.